The van der Waals surface area contributed by atoms with Crippen molar-refractivity contribution < 1.29 is 4.79 Å². The van der Waals surface area contributed by atoms with Crippen molar-refractivity contribution in [3.05, 3.63) is 107 Å². The highest BCUT2D eigenvalue weighted by Gasteiger charge is 2.17. The van der Waals surface area contributed by atoms with Gasteiger partial charge in [0.2, 0.25) is 0 Å². The Labute approximate surface area is 167 Å². The second-order valence-corrected chi connectivity index (χ2v) is 7.52. The first-order valence-corrected chi connectivity index (χ1v) is 10.2. The molecular formula is C27H26O. The second-order valence-electron chi connectivity index (χ2n) is 7.52. The summed E-state index contributed by atoms with van der Waals surface area (Å²) in [6, 6.07) is 18.6. The lowest BCUT2D eigenvalue weighted by atomic mass is 9.85. The van der Waals surface area contributed by atoms with E-state index in [4.69, 9.17) is 0 Å². The van der Waals surface area contributed by atoms with Crippen molar-refractivity contribution in [2.24, 2.45) is 0 Å². The zero-order valence-corrected chi connectivity index (χ0v) is 16.2. The van der Waals surface area contributed by atoms with Gasteiger partial charge in [-0.3, -0.25) is 4.79 Å². The molecule has 1 nitrogen and oxygen atoms in total. The topological polar surface area (TPSA) is 17.1 Å². The number of carbonyl (C=O) groups excluding carboxylic acids is 1. The molecule has 0 fully saturated rings. The van der Waals surface area contributed by atoms with Gasteiger partial charge < -0.3 is 0 Å². The van der Waals surface area contributed by atoms with Gasteiger partial charge in [0.1, 0.15) is 5.78 Å². The minimum Gasteiger partial charge on any atom is -0.299 e. The van der Waals surface area contributed by atoms with Crippen LogP contribution in [0.3, 0.4) is 0 Å². The number of hydrogen-bond donors (Lipinski definition) is 0. The van der Waals surface area contributed by atoms with Crippen molar-refractivity contribution in [1.82, 2.24) is 0 Å². The summed E-state index contributed by atoms with van der Waals surface area (Å²) >= 11 is 0. The average molecular weight is 367 g/mol. The van der Waals surface area contributed by atoms with E-state index >= 15 is 0 Å². The Hall–Kier alpha value is -2.93. The lowest BCUT2D eigenvalue weighted by Gasteiger charge is -2.20. The standard InChI is InChI=1S/C27H26O/c28-25(19-23-15-7-9-17-26(23)21-11-3-1-4-12-21)20-24-16-8-10-18-27(24)22-13-5-2-6-14-22/h1-5,7-9,11-13,15-17H,6,10,14,18-20H2. The highest BCUT2D eigenvalue weighted by molar-refractivity contribution is 5.86. The zero-order valence-electron chi connectivity index (χ0n) is 16.2. The van der Waals surface area contributed by atoms with Crippen LogP contribution in [0.25, 0.3) is 11.1 Å². The van der Waals surface area contributed by atoms with Gasteiger partial charge in [-0.2, -0.15) is 0 Å². The molecule has 0 aromatic heterocycles. The number of hydrogen-bond acceptors (Lipinski definition) is 1. The molecule has 0 spiro atoms. The third-order valence-electron chi connectivity index (χ3n) is 5.55. The van der Waals surface area contributed by atoms with Crippen LogP contribution >= 0.6 is 0 Å². The largest absolute Gasteiger partial charge is 0.299 e. The van der Waals surface area contributed by atoms with Crippen LogP contribution in [0.2, 0.25) is 0 Å². The molecule has 2 aliphatic carbocycles. The van der Waals surface area contributed by atoms with E-state index in [0.717, 1.165) is 36.8 Å². The van der Waals surface area contributed by atoms with Gasteiger partial charge in [0.05, 0.1) is 0 Å². The van der Waals surface area contributed by atoms with E-state index in [1.807, 2.05) is 30.3 Å². The SMILES string of the molecule is O=C(CC1=C(C2=CC=CCC2)CCC=C1)Cc1ccccc1-c1ccccc1. The fourth-order valence-corrected chi connectivity index (χ4v) is 4.16. The van der Waals surface area contributed by atoms with E-state index in [0.29, 0.717) is 12.8 Å². The van der Waals surface area contributed by atoms with Gasteiger partial charge >= 0.3 is 0 Å². The number of carbonyl (C=O) groups is 1. The number of benzene rings is 2. The molecular weight excluding hydrogens is 340 g/mol. The van der Waals surface area contributed by atoms with Crippen LogP contribution in [0.15, 0.2) is 102 Å². The molecule has 2 aliphatic rings. The van der Waals surface area contributed by atoms with Crippen molar-refractivity contribution >= 4 is 5.78 Å². The van der Waals surface area contributed by atoms with Gasteiger partial charge in [0.25, 0.3) is 0 Å². The molecule has 1 heteroatoms. The van der Waals surface area contributed by atoms with Crippen molar-refractivity contribution in [2.45, 2.75) is 38.5 Å². The van der Waals surface area contributed by atoms with Gasteiger partial charge in [-0.25, -0.2) is 0 Å². The average Bonchev–Trinajstić information content (AvgIpc) is 2.76. The summed E-state index contributed by atoms with van der Waals surface area (Å²) in [5, 5.41) is 0. The summed E-state index contributed by atoms with van der Waals surface area (Å²) in [7, 11) is 0. The van der Waals surface area contributed by atoms with Crippen molar-refractivity contribution in [3.8, 4) is 11.1 Å². The number of Topliss-reactive ketones (excluding diaryl/α,β-unsaturated/α-hetero) is 1. The predicted octanol–water partition coefficient (Wildman–Crippen LogP) is 6.78. The van der Waals surface area contributed by atoms with Crippen LogP contribution in [0.1, 0.15) is 37.7 Å². The molecule has 0 saturated carbocycles. The lowest BCUT2D eigenvalue weighted by Crippen LogP contribution is -2.08. The maximum absolute atomic E-state index is 13.0. The predicted molar refractivity (Wildman–Crippen MR) is 117 cm³/mol. The van der Waals surface area contributed by atoms with Crippen molar-refractivity contribution in [3.63, 3.8) is 0 Å². The summed E-state index contributed by atoms with van der Waals surface area (Å²) in [5.41, 5.74) is 7.47. The van der Waals surface area contributed by atoms with E-state index < -0.39 is 0 Å². The number of rotatable bonds is 6. The molecule has 28 heavy (non-hydrogen) atoms. The Morgan fingerprint density at radius 1 is 0.821 bits per heavy atom. The summed E-state index contributed by atoms with van der Waals surface area (Å²) in [5.74, 6) is 0.286. The zero-order chi connectivity index (χ0) is 19.2. The van der Waals surface area contributed by atoms with E-state index in [1.165, 1.54) is 22.3 Å². The van der Waals surface area contributed by atoms with E-state index in [-0.39, 0.29) is 5.78 Å². The molecule has 0 saturated heterocycles. The lowest BCUT2D eigenvalue weighted by molar-refractivity contribution is -0.117. The van der Waals surface area contributed by atoms with Crippen LogP contribution in [-0.2, 0) is 11.2 Å². The highest BCUT2D eigenvalue weighted by Crippen LogP contribution is 2.32. The summed E-state index contributed by atoms with van der Waals surface area (Å²) < 4.78 is 0. The minimum atomic E-state index is 0.286. The highest BCUT2D eigenvalue weighted by atomic mass is 16.1. The van der Waals surface area contributed by atoms with Crippen LogP contribution in [0, 0.1) is 0 Å². The van der Waals surface area contributed by atoms with Gasteiger partial charge in [-0.1, -0.05) is 85.0 Å². The summed E-state index contributed by atoms with van der Waals surface area (Å²) in [6.45, 7) is 0. The maximum atomic E-state index is 13.0. The normalized spacial score (nSPS) is 16.2. The monoisotopic (exact) mass is 366 g/mol. The Balaban J connectivity index is 1.55. The van der Waals surface area contributed by atoms with Gasteiger partial charge in [0.15, 0.2) is 0 Å². The van der Waals surface area contributed by atoms with E-state index in [9.17, 15) is 4.79 Å². The maximum Gasteiger partial charge on any atom is 0.141 e. The van der Waals surface area contributed by atoms with Crippen molar-refractivity contribution in [1.29, 1.82) is 0 Å². The molecule has 0 radical (unpaired) electrons. The first-order valence-electron chi connectivity index (χ1n) is 10.2. The Morgan fingerprint density at radius 2 is 1.61 bits per heavy atom. The first kappa shape index (κ1) is 18.4. The van der Waals surface area contributed by atoms with Gasteiger partial charge in [-0.05, 0) is 59.1 Å². The van der Waals surface area contributed by atoms with E-state index in [1.54, 1.807) is 0 Å². The molecule has 0 aliphatic heterocycles. The quantitative estimate of drug-likeness (QED) is 0.551. The Morgan fingerprint density at radius 3 is 2.43 bits per heavy atom. The first-order chi connectivity index (χ1) is 13.8. The van der Waals surface area contributed by atoms with Crippen LogP contribution < -0.4 is 0 Å². The third-order valence-corrected chi connectivity index (χ3v) is 5.55. The van der Waals surface area contributed by atoms with Crippen LogP contribution in [0.4, 0.5) is 0 Å². The van der Waals surface area contributed by atoms with Gasteiger partial charge in [0, 0.05) is 12.8 Å². The molecule has 2 aromatic carbocycles. The molecule has 0 N–H and O–H groups in total. The van der Waals surface area contributed by atoms with Crippen LogP contribution in [-0.4, -0.2) is 5.78 Å². The molecule has 0 atom stereocenters. The number of allylic oxidation sites excluding steroid dienone is 8. The molecule has 0 unspecified atom stereocenters. The fraction of sp³-hybridized carbons (Fsp3) is 0.222. The van der Waals surface area contributed by atoms with Crippen LogP contribution in [0.5, 0.6) is 0 Å². The Kier molecular flexibility index (Phi) is 5.82. The smallest absolute Gasteiger partial charge is 0.141 e. The molecule has 2 aromatic rings. The van der Waals surface area contributed by atoms with E-state index in [2.05, 4.69) is 54.6 Å². The molecule has 0 heterocycles. The molecule has 4 rings (SSSR count). The summed E-state index contributed by atoms with van der Waals surface area (Å²) in [6.07, 6.45) is 16.3. The number of ketones is 1. The minimum absolute atomic E-state index is 0.286. The molecule has 0 amide bonds. The third kappa shape index (κ3) is 4.31. The summed E-state index contributed by atoms with van der Waals surface area (Å²) in [4.78, 5) is 13.0. The Bertz CT molecular complexity index is 970. The molecule has 140 valence electrons. The second kappa shape index (κ2) is 8.84. The van der Waals surface area contributed by atoms with Crippen molar-refractivity contribution in [2.75, 3.05) is 0 Å². The fourth-order valence-electron chi connectivity index (χ4n) is 4.16. The van der Waals surface area contributed by atoms with Gasteiger partial charge in [-0.15, -0.1) is 0 Å². The molecule has 0 bridgehead atoms.